The molecule has 0 aliphatic rings. The van der Waals surface area contributed by atoms with Crippen LogP contribution >= 0.6 is 15.9 Å². The molecule has 0 atom stereocenters. The molecule has 2 aromatic rings. The van der Waals surface area contributed by atoms with Crippen LogP contribution in [0.15, 0.2) is 53.0 Å². The van der Waals surface area contributed by atoms with Gasteiger partial charge in [0.1, 0.15) is 0 Å². The highest BCUT2D eigenvalue weighted by molar-refractivity contribution is 9.10. The van der Waals surface area contributed by atoms with E-state index in [2.05, 4.69) is 82.6 Å². The zero-order valence-corrected chi connectivity index (χ0v) is 14.4. The summed E-state index contributed by atoms with van der Waals surface area (Å²) in [6, 6.07) is 17.2. The van der Waals surface area contributed by atoms with Crippen LogP contribution in [0.4, 0.5) is 5.69 Å². The van der Waals surface area contributed by atoms with Crippen molar-refractivity contribution in [1.29, 1.82) is 0 Å². The number of halogens is 1. The molecule has 3 heteroatoms. The van der Waals surface area contributed by atoms with Gasteiger partial charge in [-0.1, -0.05) is 53.2 Å². The average Bonchev–Trinajstić information content (AvgIpc) is 2.50. The SMILES string of the molecule is CCCNCc1ccc(N(C)Cc2ccccc2Br)cc1. The number of benzene rings is 2. The molecule has 112 valence electrons. The third kappa shape index (κ3) is 4.87. The first-order valence-corrected chi connectivity index (χ1v) is 8.24. The maximum absolute atomic E-state index is 3.61. The summed E-state index contributed by atoms with van der Waals surface area (Å²) in [5, 5.41) is 3.43. The zero-order valence-electron chi connectivity index (χ0n) is 12.8. The van der Waals surface area contributed by atoms with Crippen molar-refractivity contribution in [1.82, 2.24) is 5.32 Å². The number of hydrogen-bond donors (Lipinski definition) is 1. The Bertz CT molecular complexity index is 551. The molecule has 0 aliphatic carbocycles. The summed E-state index contributed by atoms with van der Waals surface area (Å²) < 4.78 is 1.16. The highest BCUT2D eigenvalue weighted by Crippen LogP contribution is 2.21. The molecule has 0 saturated carbocycles. The van der Waals surface area contributed by atoms with Crippen LogP contribution in [0.2, 0.25) is 0 Å². The molecular weight excluding hydrogens is 324 g/mol. The predicted octanol–water partition coefficient (Wildman–Crippen LogP) is 4.59. The van der Waals surface area contributed by atoms with Crippen molar-refractivity contribution in [3.8, 4) is 0 Å². The van der Waals surface area contributed by atoms with Gasteiger partial charge in [-0.3, -0.25) is 0 Å². The highest BCUT2D eigenvalue weighted by Gasteiger charge is 2.05. The van der Waals surface area contributed by atoms with Gasteiger partial charge < -0.3 is 10.2 Å². The second-order valence-corrected chi connectivity index (χ2v) is 6.15. The van der Waals surface area contributed by atoms with E-state index in [-0.39, 0.29) is 0 Å². The molecule has 2 rings (SSSR count). The lowest BCUT2D eigenvalue weighted by molar-refractivity contribution is 0.675. The maximum Gasteiger partial charge on any atom is 0.0437 e. The van der Waals surface area contributed by atoms with Gasteiger partial charge in [0.15, 0.2) is 0 Å². The molecule has 0 aromatic heterocycles. The van der Waals surface area contributed by atoms with E-state index in [1.807, 2.05) is 6.07 Å². The van der Waals surface area contributed by atoms with Crippen LogP contribution in [0.5, 0.6) is 0 Å². The van der Waals surface area contributed by atoms with Gasteiger partial charge in [-0.05, 0) is 42.3 Å². The summed E-state index contributed by atoms with van der Waals surface area (Å²) in [6.07, 6.45) is 1.17. The van der Waals surface area contributed by atoms with Crippen molar-refractivity contribution in [2.24, 2.45) is 0 Å². The first-order chi connectivity index (χ1) is 10.2. The quantitative estimate of drug-likeness (QED) is 0.738. The van der Waals surface area contributed by atoms with E-state index in [0.717, 1.165) is 24.1 Å². The normalized spacial score (nSPS) is 10.6. The van der Waals surface area contributed by atoms with E-state index in [9.17, 15) is 0 Å². The molecule has 0 unspecified atom stereocenters. The van der Waals surface area contributed by atoms with Gasteiger partial charge in [0, 0.05) is 30.3 Å². The summed E-state index contributed by atoms with van der Waals surface area (Å²) in [4.78, 5) is 2.27. The van der Waals surface area contributed by atoms with Gasteiger partial charge >= 0.3 is 0 Å². The number of anilines is 1. The first-order valence-electron chi connectivity index (χ1n) is 7.45. The van der Waals surface area contributed by atoms with E-state index in [1.54, 1.807) is 0 Å². The number of rotatable bonds is 7. The Morgan fingerprint density at radius 2 is 1.76 bits per heavy atom. The second kappa shape index (κ2) is 8.20. The lowest BCUT2D eigenvalue weighted by Gasteiger charge is -2.20. The molecule has 0 bridgehead atoms. The van der Waals surface area contributed by atoms with Crippen LogP contribution in [0.1, 0.15) is 24.5 Å². The maximum atomic E-state index is 3.61. The monoisotopic (exact) mass is 346 g/mol. The van der Waals surface area contributed by atoms with Crippen LogP contribution < -0.4 is 10.2 Å². The van der Waals surface area contributed by atoms with Crippen LogP contribution in [-0.2, 0) is 13.1 Å². The lowest BCUT2D eigenvalue weighted by Crippen LogP contribution is -2.17. The van der Waals surface area contributed by atoms with E-state index >= 15 is 0 Å². The third-order valence-electron chi connectivity index (χ3n) is 3.50. The van der Waals surface area contributed by atoms with Crippen molar-refractivity contribution in [2.45, 2.75) is 26.4 Å². The Labute approximate surface area is 136 Å². The molecule has 0 spiro atoms. The zero-order chi connectivity index (χ0) is 15.1. The molecular formula is C18H23BrN2. The fourth-order valence-electron chi connectivity index (χ4n) is 2.25. The van der Waals surface area contributed by atoms with E-state index in [1.165, 1.54) is 23.2 Å². The van der Waals surface area contributed by atoms with Gasteiger partial charge in [-0.2, -0.15) is 0 Å². The van der Waals surface area contributed by atoms with Gasteiger partial charge in [0.2, 0.25) is 0 Å². The summed E-state index contributed by atoms with van der Waals surface area (Å²) in [6.45, 7) is 5.10. The minimum Gasteiger partial charge on any atom is -0.370 e. The van der Waals surface area contributed by atoms with Gasteiger partial charge in [-0.15, -0.1) is 0 Å². The topological polar surface area (TPSA) is 15.3 Å². The van der Waals surface area contributed by atoms with Crippen LogP contribution in [0, 0.1) is 0 Å². The fourth-order valence-corrected chi connectivity index (χ4v) is 2.66. The Hall–Kier alpha value is -1.32. The van der Waals surface area contributed by atoms with Crippen molar-refractivity contribution < 1.29 is 0 Å². The molecule has 0 amide bonds. The number of nitrogens with one attached hydrogen (secondary N) is 1. The Kier molecular flexibility index (Phi) is 6.27. The van der Waals surface area contributed by atoms with Crippen LogP contribution in [-0.4, -0.2) is 13.6 Å². The second-order valence-electron chi connectivity index (χ2n) is 5.29. The molecule has 2 aromatic carbocycles. The molecule has 21 heavy (non-hydrogen) atoms. The standard InChI is InChI=1S/C18H23BrN2/c1-3-12-20-13-15-8-10-17(11-9-15)21(2)14-16-6-4-5-7-18(16)19/h4-11,20H,3,12-14H2,1-2H3. The Morgan fingerprint density at radius 3 is 2.43 bits per heavy atom. The molecule has 0 saturated heterocycles. The minimum atomic E-state index is 0.898. The van der Waals surface area contributed by atoms with Crippen molar-refractivity contribution >= 4 is 21.6 Å². The highest BCUT2D eigenvalue weighted by atomic mass is 79.9. The summed E-state index contributed by atoms with van der Waals surface area (Å²) >= 11 is 3.61. The van der Waals surface area contributed by atoms with Crippen LogP contribution in [0.25, 0.3) is 0 Å². The minimum absolute atomic E-state index is 0.898. The molecule has 0 aliphatic heterocycles. The van der Waals surface area contributed by atoms with Crippen molar-refractivity contribution in [3.05, 3.63) is 64.1 Å². The Balaban J connectivity index is 1.96. The Morgan fingerprint density at radius 1 is 1.05 bits per heavy atom. The smallest absolute Gasteiger partial charge is 0.0437 e. The third-order valence-corrected chi connectivity index (χ3v) is 4.27. The van der Waals surface area contributed by atoms with Crippen molar-refractivity contribution in [3.63, 3.8) is 0 Å². The molecule has 0 heterocycles. The summed E-state index contributed by atoms with van der Waals surface area (Å²) in [7, 11) is 2.13. The van der Waals surface area contributed by atoms with Crippen molar-refractivity contribution in [2.75, 3.05) is 18.5 Å². The van der Waals surface area contributed by atoms with E-state index in [0.29, 0.717) is 0 Å². The van der Waals surface area contributed by atoms with E-state index < -0.39 is 0 Å². The predicted molar refractivity (Wildman–Crippen MR) is 94.7 cm³/mol. The largest absolute Gasteiger partial charge is 0.370 e. The van der Waals surface area contributed by atoms with Crippen LogP contribution in [0.3, 0.4) is 0 Å². The summed E-state index contributed by atoms with van der Waals surface area (Å²) in [5.41, 5.74) is 3.88. The molecule has 1 N–H and O–H groups in total. The molecule has 0 fully saturated rings. The molecule has 0 radical (unpaired) electrons. The van der Waals surface area contributed by atoms with E-state index in [4.69, 9.17) is 0 Å². The van der Waals surface area contributed by atoms with Gasteiger partial charge in [0.05, 0.1) is 0 Å². The number of hydrogen-bond acceptors (Lipinski definition) is 2. The van der Waals surface area contributed by atoms with Gasteiger partial charge in [0.25, 0.3) is 0 Å². The average molecular weight is 347 g/mol. The molecule has 2 nitrogen and oxygen atoms in total. The summed E-state index contributed by atoms with van der Waals surface area (Å²) in [5.74, 6) is 0. The first kappa shape index (κ1) is 16.1. The van der Waals surface area contributed by atoms with Gasteiger partial charge in [-0.25, -0.2) is 0 Å². The number of nitrogens with zero attached hydrogens (tertiary/aromatic N) is 1. The lowest BCUT2D eigenvalue weighted by atomic mass is 10.1. The fraction of sp³-hybridized carbons (Fsp3) is 0.333.